The number of carbonyl (C=O) groups is 1. The van der Waals surface area contributed by atoms with Gasteiger partial charge in [0.25, 0.3) is 15.6 Å². The minimum absolute atomic E-state index is 0.0449. The number of aryl methyl sites for hydroxylation is 1. The van der Waals surface area contributed by atoms with Crippen molar-refractivity contribution < 1.29 is 13.2 Å². The first-order chi connectivity index (χ1) is 15.3. The molecule has 32 heavy (non-hydrogen) atoms. The predicted octanol–water partition coefficient (Wildman–Crippen LogP) is 1.98. The minimum atomic E-state index is -3.77. The molecule has 166 valence electrons. The third-order valence-electron chi connectivity index (χ3n) is 5.21. The largest absolute Gasteiger partial charge is 0.326 e. The van der Waals surface area contributed by atoms with E-state index in [1.54, 1.807) is 43.4 Å². The number of amides is 1. The number of benzene rings is 2. The molecule has 3 aromatic rings. The summed E-state index contributed by atoms with van der Waals surface area (Å²) in [7, 11) is -2.14. The molecular weight excluding hydrogens is 430 g/mol. The van der Waals surface area contributed by atoms with Gasteiger partial charge in [-0.2, -0.15) is 0 Å². The first-order valence-corrected chi connectivity index (χ1v) is 11.7. The Morgan fingerprint density at radius 3 is 2.75 bits per heavy atom. The summed E-state index contributed by atoms with van der Waals surface area (Å²) in [4.78, 5) is 33.6. The highest BCUT2D eigenvalue weighted by molar-refractivity contribution is 7.90. The number of carbonyl (C=O) groups excluding carboxylic acids is 1. The van der Waals surface area contributed by atoms with Crippen molar-refractivity contribution in [3.8, 4) is 0 Å². The van der Waals surface area contributed by atoms with E-state index < -0.39 is 10.0 Å². The highest BCUT2D eigenvalue weighted by Crippen LogP contribution is 2.17. The molecule has 2 heterocycles. The van der Waals surface area contributed by atoms with Gasteiger partial charge in [0.1, 0.15) is 11.7 Å². The van der Waals surface area contributed by atoms with Gasteiger partial charge in [0, 0.05) is 38.5 Å². The first-order valence-electron chi connectivity index (χ1n) is 10.2. The van der Waals surface area contributed by atoms with Crippen LogP contribution in [0.15, 0.2) is 63.2 Å². The zero-order valence-corrected chi connectivity index (χ0v) is 18.4. The number of rotatable bonds is 6. The number of amidine groups is 1. The summed E-state index contributed by atoms with van der Waals surface area (Å²) in [6, 6.07) is 13.1. The summed E-state index contributed by atoms with van der Waals surface area (Å²) in [5, 5.41) is 3.24. The monoisotopic (exact) mass is 453 g/mol. The predicted molar refractivity (Wildman–Crippen MR) is 122 cm³/mol. The molecule has 0 fully saturated rings. The average molecular weight is 454 g/mol. The molecule has 0 saturated carbocycles. The van der Waals surface area contributed by atoms with E-state index in [9.17, 15) is 18.0 Å². The third-order valence-corrected chi connectivity index (χ3v) is 6.58. The molecule has 0 radical (unpaired) electrons. The fraction of sp³-hybridized carbons (Fsp3) is 0.273. The van der Waals surface area contributed by atoms with Crippen molar-refractivity contribution in [2.75, 3.05) is 11.9 Å². The number of sulfonamides is 1. The minimum Gasteiger partial charge on any atom is -0.326 e. The number of para-hydroxylation sites is 1. The smallest absolute Gasteiger partial charge is 0.262 e. The topological polar surface area (TPSA) is 123 Å². The van der Waals surface area contributed by atoms with Crippen LogP contribution in [0, 0.1) is 0 Å². The van der Waals surface area contributed by atoms with Gasteiger partial charge < -0.3 is 5.32 Å². The number of hydrogen-bond donors (Lipinski definition) is 2. The summed E-state index contributed by atoms with van der Waals surface area (Å²) >= 11 is 0. The molecule has 0 saturated heterocycles. The van der Waals surface area contributed by atoms with Crippen molar-refractivity contribution in [1.29, 1.82) is 0 Å². The zero-order valence-electron chi connectivity index (χ0n) is 17.5. The van der Waals surface area contributed by atoms with Gasteiger partial charge in [0.2, 0.25) is 5.91 Å². The summed E-state index contributed by atoms with van der Waals surface area (Å²) in [6.07, 6.45) is 1.78. The second-order valence-electron chi connectivity index (χ2n) is 7.52. The van der Waals surface area contributed by atoms with Crippen LogP contribution in [0.25, 0.3) is 10.9 Å². The maximum absolute atomic E-state index is 12.6. The maximum Gasteiger partial charge on any atom is 0.262 e. The molecule has 1 aliphatic heterocycles. The van der Waals surface area contributed by atoms with Crippen LogP contribution in [0.5, 0.6) is 0 Å². The zero-order chi connectivity index (χ0) is 22.7. The normalized spacial score (nSPS) is 13.7. The summed E-state index contributed by atoms with van der Waals surface area (Å²) in [6.45, 7) is 0.617. The third kappa shape index (κ3) is 4.70. The van der Waals surface area contributed by atoms with Crippen LogP contribution >= 0.6 is 0 Å². The van der Waals surface area contributed by atoms with E-state index in [0.717, 1.165) is 6.42 Å². The number of nitrogens with one attached hydrogen (secondary N) is 2. The Morgan fingerprint density at radius 2 is 1.97 bits per heavy atom. The summed E-state index contributed by atoms with van der Waals surface area (Å²) in [5.74, 6) is 0.643. The fourth-order valence-electron chi connectivity index (χ4n) is 3.51. The van der Waals surface area contributed by atoms with Crippen LogP contribution in [-0.4, -0.2) is 36.3 Å². The quantitative estimate of drug-likeness (QED) is 0.591. The van der Waals surface area contributed by atoms with E-state index in [-0.39, 0.29) is 29.2 Å². The second-order valence-corrected chi connectivity index (χ2v) is 9.21. The van der Waals surface area contributed by atoms with Crippen LogP contribution in [0.3, 0.4) is 0 Å². The Bertz CT molecular complexity index is 1380. The van der Waals surface area contributed by atoms with Gasteiger partial charge in [-0.1, -0.05) is 18.2 Å². The van der Waals surface area contributed by atoms with E-state index >= 15 is 0 Å². The van der Waals surface area contributed by atoms with Crippen molar-refractivity contribution in [2.24, 2.45) is 12.0 Å². The van der Waals surface area contributed by atoms with E-state index in [1.165, 1.54) is 16.7 Å². The van der Waals surface area contributed by atoms with Gasteiger partial charge in [-0.25, -0.2) is 13.4 Å². The van der Waals surface area contributed by atoms with Crippen LogP contribution in [0.4, 0.5) is 5.69 Å². The first kappa shape index (κ1) is 21.7. The Hall–Kier alpha value is -3.53. The van der Waals surface area contributed by atoms with Crippen molar-refractivity contribution in [3.63, 3.8) is 0 Å². The molecule has 2 aromatic carbocycles. The number of nitrogens with zero attached hydrogens (tertiary/aromatic N) is 3. The molecule has 0 atom stereocenters. The van der Waals surface area contributed by atoms with E-state index in [2.05, 4.69) is 20.0 Å². The summed E-state index contributed by atoms with van der Waals surface area (Å²) in [5.41, 5.74) is 0.790. The molecule has 0 spiro atoms. The standard InChI is InChI=1S/C22H23N5O4S/c1-27-20(25-18-9-3-2-8-17(18)22(27)29)11-12-21(28)24-15-6-4-7-16(14-15)32(30,31)26-19-10-5-13-23-19/h2-4,6-9,14H,5,10-13H2,1H3,(H,23,26)(H,24,28). The lowest BCUT2D eigenvalue weighted by Gasteiger charge is -2.11. The molecule has 0 unspecified atom stereocenters. The number of hydrogen-bond acceptors (Lipinski definition) is 6. The molecule has 9 nitrogen and oxygen atoms in total. The van der Waals surface area contributed by atoms with E-state index in [4.69, 9.17) is 0 Å². The molecule has 1 amide bonds. The molecular formula is C22H23N5O4S. The molecule has 4 rings (SSSR count). The van der Waals surface area contributed by atoms with Gasteiger partial charge in [0.15, 0.2) is 0 Å². The van der Waals surface area contributed by atoms with Gasteiger partial charge >= 0.3 is 0 Å². The average Bonchev–Trinajstić information content (AvgIpc) is 3.28. The Labute approximate surface area is 185 Å². The molecule has 10 heteroatoms. The van der Waals surface area contributed by atoms with Gasteiger partial charge in [-0.05, 0) is 36.8 Å². The number of anilines is 1. The van der Waals surface area contributed by atoms with Crippen molar-refractivity contribution in [3.05, 3.63) is 64.7 Å². The Morgan fingerprint density at radius 1 is 1.16 bits per heavy atom. The lowest BCUT2D eigenvalue weighted by Crippen LogP contribution is -2.29. The highest BCUT2D eigenvalue weighted by Gasteiger charge is 2.19. The molecule has 0 aliphatic carbocycles. The van der Waals surface area contributed by atoms with Gasteiger partial charge in [-0.3, -0.25) is 23.9 Å². The van der Waals surface area contributed by atoms with Crippen molar-refractivity contribution in [1.82, 2.24) is 14.3 Å². The number of aromatic nitrogens is 2. The van der Waals surface area contributed by atoms with Crippen LogP contribution in [-0.2, 0) is 28.3 Å². The van der Waals surface area contributed by atoms with Crippen LogP contribution < -0.4 is 15.6 Å². The lowest BCUT2D eigenvalue weighted by atomic mass is 10.2. The Balaban J connectivity index is 1.44. The Kier molecular flexibility index (Phi) is 6.04. The van der Waals surface area contributed by atoms with E-state index in [0.29, 0.717) is 41.2 Å². The molecule has 1 aliphatic rings. The van der Waals surface area contributed by atoms with E-state index in [1.807, 2.05) is 0 Å². The molecule has 0 bridgehead atoms. The van der Waals surface area contributed by atoms with Crippen molar-refractivity contribution in [2.45, 2.75) is 30.6 Å². The second kappa shape index (κ2) is 8.91. The summed E-state index contributed by atoms with van der Waals surface area (Å²) < 4.78 is 29.1. The molecule has 2 N–H and O–H groups in total. The molecule has 1 aromatic heterocycles. The maximum atomic E-state index is 12.6. The number of aliphatic imine (C=N–C) groups is 1. The fourth-order valence-corrected chi connectivity index (χ4v) is 4.65. The SMILES string of the molecule is Cn1c(CCC(=O)Nc2cccc(S(=O)(=O)NC3=NCCC3)c2)nc2ccccc2c1=O. The van der Waals surface area contributed by atoms with Crippen molar-refractivity contribution >= 4 is 38.4 Å². The lowest BCUT2D eigenvalue weighted by molar-refractivity contribution is -0.116. The van der Waals surface area contributed by atoms with Gasteiger partial charge in [-0.15, -0.1) is 0 Å². The van der Waals surface area contributed by atoms with Crippen LogP contribution in [0.1, 0.15) is 25.1 Å². The van der Waals surface area contributed by atoms with Crippen LogP contribution in [0.2, 0.25) is 0 Å². The van der Waals surface area contributed by atoms with Gasteiger partial charge in [0.05, 0.1) is 15.8 Å². The number of fused-ring (bicyclic) bond motifs is 1. The highest BCUT2D eigenvalue weighted by atomic mass is 32.2.